The summed E-state index contributed by atoms with van der Waals surface area (Å²) in [6.45, 7) is 4.47. The molecule has 2 amide bonds. The van der Waals surface area contributed by atoms with Crippen LogP contribution in [0.4, 0.5) is 5.69 Å². The minimum Gasteiger partial charge on any atom is -0.346 e. The molecule has 1 heterocycles. The molecule has 3 rings (SSSR count). The van der Waals surface area contributed by atoms with Crippen molar-refractivity contribution < 1.29 is 9.59 Å². The number of hydrogen-bond acceptors (Lipinski definition) is 4. The van der Waals surface area contributed by atoms with Gasteiger partial charge in [0.05, 0.1) is 13.1 Å². The third kappa shape index (κ3) is 6.29. The number of amides is 2. The molecule has 1 saturated heterocycles. The van der Waals surface area contributed by atoms with Crippen molar-refractivity contribution in [2.75, 3.05) is 38.0 Å². The second-order valence-electron chi connectivity index (χ2n) is 7.54. The van der Waals surface area contributed by atoms with Crippen LogP contribution in [0.2, 0.25) is 0 Å². The second-order valence-corrected chi connectivity index (χ2v) is 7.54. The molecule has 0 bridgehead atoms. The Kier molecular flexibility index (Phi) is 9.30. The van der Waals surface area contributed by atoms with Gasteiger partial charge in [0.2, 0.25) is 11.8 Å². The predicted octanol–water partition coefficient (Wildman–Crippen LogP) is 2.40. The highest BCUT2D eigenvalue weighted by Crippen LogP contribution is 2.31. The van der Waals surface area contributed by atoms with Crippen molar-refractivity contribution in [2.24, 2.45) is 11.7 Å². The number of anilines is 1. The minimum absolute atomic E-state index is 0. The number of nitrogens with zero attached hydrogens (tertiary/aromatic N) is 1. The number of halogens is 1. The summed E-state index contributed by atoms with van der Waals surface area (Å²) in [4.78, 5) is 26.7. The second kappa shape index (κ2) is 11.7. The van der Waals surface area contributed by atoms with E-state index in [1.807, 2.05) is 49.4 Å². The molecular formula is C23H31ClN4O2. The molecule has 0 unspecified atom stereocenters. The van der Waals surface area contributed by atoms with Gasteiger partial charge in [0.25, 0.3) is 0 Å². The number of carbonyl (C=O) groups excluding carboxylic acids is 2. The molecule has 162 valence electrons. The first-order valence-electron chi connectivity index (χ1n) is 10.2. The monoisotopic (exact) mass is 430 g/mol. The van der Waals surface area contributed by atoms with Crippen molar-refractivity contribution in [2.45, 2.75) is 19.3 Å². The van der Waals surface area contributed by atoms with Gasteiger partial charge in [-0.15, -0.1) is 12.4 Å². The molecule has 1 aliphatic rings. The number of benzene rings is 2. The lowest BCUT2D eigenvalue weighted by Gasteiger charge is -2.16. The molecule has 2 aromatic carbocycles. The van der Waals surface area contributed by atoms with Crippen molar-refractivity contribution in [3.05, 3.63) is 65.7 Å². The molecule has 0 radical (unpaired) electrons. The van der Waals surface area contributed by atoms with Crippen LogP contribution in [0.15, 0.2) is 54.6 Å². The Balaban J connectivity index is 0.00000320. The van der Waals surface area contributed by atoms with Crippen molar-refractivity contribution in [3.63, 3.8) is 0 Å². The summed E-state index contributed by atoms with van der Waals surface area (Å²) in [5, 5.41) is 5.60. The van der Waals surface area contributed by atoms with E-state index in [9.17, 15) is 9.59 Å². The standard InChI is InChI=1S/C23H30N4O2.ClH/c1-2-17-8-6-7-11-21(17)26-22(28)13-25-23(29)16-27-14-19(12-24)20(15-27)18-9-4-3-5-10-18;/h3-11,19-20H,2,12-16,24H2,1H3,(H,25,29)(H,26,28);1H/t19-,20+;/m1./s1. The summed E-state index contributed by atoms with van der Waals surface area (Å²) in [5.74, 6) is 0.304. The fourth-order valence-corrected chi connectivity index (χ4v) is 3.99. The third-order valence-corrected chi connectivity index (χ3v) is 5.53. The molecule has 7 heteroatoms. The van der Waals surface area contributed by atoms with Crippen LogP contribution in [-0.2, 0) is 16.0 Å². The Labute approximate surface area is 184 Å². The lowest BCUT2D eigenvalue weighted by atomic mass is 9.89. The maximum absolute atomic E-state index is 12.4. The molecule has 0 aromatic heterocycles. The summed E-state index contributed by atoms with van der Waals surface area (Å²) in [6, 6.07) is 18.0. The van der Waals surface area contributed by atoms with Crippen molar-refractivity contribution >= 4 is 29.9 Å². The van der Waals surface area contributed by atoms with Crippen molar-refractivity contribution in [1.29, 1.82) is 0 Å². The van der Waals surface area contributed by atoms with Gasteiger partial charge in [0.1, 0.15) is 0 Å². The first-order chi connectivity index (χ1) is 14.1. The van der Waals surface area contributed by atoms with Gasteiger partial charge in [-0.1, -0.05) is 55.5 Å². The van der Waals surface area contributed by atoms with E-state index in [2.05, 4.69) is 27.7 Å². The maximum atomic E-state index is 12.4. The maximum Gasteiger partial charge on any atom is 0.243 e. The predicted molar refractivity (Wildman–Crippen MR) is 123 cm³/mol. The number of para-hydroxylation sites is 1. The van der Waals surface area contributed by atoms with Gasteiger partial charge in [-0.25, -0.2) is 0 Å². The normalized spacial score (nSPS) is 18.5. The van der Waals surface area contributed by atoms with E-state index in [-0.39, 0.29) is 37.3 Å². The molecule has 1 fully saturated rings. The van der Waals surface area contributed by atoms with Crippen LogP contribution in [0.1, 0.15) is 24.0 Å². The average Bonchev–Trinajstić information content (AvgIpc) is 3.16. The number of rotatable bonds is 8. The van der Waals surface area contributed by atoms with E-state index < -0.39 is 0 Å². The van der Waals surface area contributed by atoms with Crippen LogP contribution >= 0.6 is 12.4 Å². The van der Waals surface area contributed by atoms with E-state index in [0.717, 1.165) is 30.8 Å². The fraction of sp³-hybridized carbons (Fsp3) is 0.391. The highest BCUT2D eigenvalue weighted by atomic mass is 35.5. The van der Waals surface area contributed by atoms with Crippen LogP contribution < -0.4 is 16.4 Å². The first-order valence-corrected chi connectivity index (χ1v) is 10.2. The summed E-state index contributed by atoms with van der Waals surface area (Å²) >= 11 is 0. The molecule has 0 spiro atoms. The first kappa shape index (κ1) is 23.9. The Bertz CT molecular complexity index is 831. The molecule has 2 atom stereocenters. The van der Waals surface area contributed by atoms with Crippen molar-refractivity contribution in [1.82, 2.24) is 10.2 Å². The highest BCUT2D eigenvalue weighted by Gasteiger charge is 2.33. The molecular weight excluding hydrogens is 400 g/mol. The molecule has 0 aliphatic carbocycles. The van der Waals surface area contributed by atoms with Crippen LogP contribution in [0.3, 0.4) is 0 Å². The minimum atomic E-state index is -0.220. The van der Waals surface area contributed by atoms with Crippen LogP contribution in [0.25, 0.3) is 0 Å². The summed E-state index contributed by atoms with van der Waals surface area (Å²) < 4.78 is 0. The smallest absolute Gasteiger partial charge is 0.243 e. The number of likely N-dealkylation sites (tertiary alicyclic amines) is 1. The van der Waals surface area contributed by atoms with Gasteiger partial charge in [0, 0.05) is 24.7 Å². The zero-order chi connectivity index (χ0) is 20.6. The Morgan fingerprint density at radius 1 is 1.03 bits per heavy atom. The molecule has 4 N–H and O–H groups in total. The summed E-state index contributed by atoms with van der Waals surface area (Å²) in [5.41, 5.74) is 9.10. The van der Waals surface area contributed by atoms with E-state index in [4.69, 9.17) is 5.73 Å². The molecule has 0 saturated carbocycles. The average molecular weight is 431 g/mol. The summed E-state index contributed by atoms with van der Waals surface area (Å²) in [7, 11) is 0. The largest absolute Gasteiger partial charge is 0.346 e. The Hall–Kier alpha value is -2.41. The number of hydrogen-bond donors (Lipinski definition) is 3. The molecule has 6 nitrogen and oxygen atoms in total. The quantitative estimate of drug-likeness (QED) is 0.600. The molecule has 1 aliphatic heterocycles. The molecule has 2 aromatic rings. The molecule has 30 heavy (non-hydrogen) atoms. The van der Waals surface area contributed by atoms with Crippen LogP contribution in [-0.4, -0.2) is 49.4 Å². The third-order valence-electron chi connectivity index (χ3n) is 5.53. The lowest BCUT2D eigenvalue weighted by Crippen LogP contribution is -2.40. The highest BCUT2D eigenvalue weighted by molar-refractivity contribution is 5.95. The topological polar surface area (TPSA) is 87.5 Å². The van der Waals surface area contributed by atoms with E-state index in [1.54, 1.807) is 0 Å². The van der Waals surface area contributed by atoms with Gasteiger partial charge in [-0.3, -0.25) is 14.5 Å². The van der Waals surface area contributed by atoms with Gasteiger partial charge in [-0.05, 0) is 36.1 Å². The van der Waals surface area contributed by atoms with E-state index >= 15 is 0 Å². The van der Waals surface area contributed by atoms with Gasteiger partial charge >= 0.3 is 0 Å². The summed E-state index contributed by atoms with van der Waals surface area (Å²) in [6.07, 6.45) is 0.836. The Morgan fingerprint density at radius 2 is 1.73 bits per heavy atom. The van der Waals surface area contributed by atoms with Gasteiger partial charge < -0.3 is 16.4 Å². The number of aryl methyl sites for hydroxylation is 1. The van der Waals surface area contributed by atoms with Crippen LogP contribution in [0, 0.1) is 5.92 Å². The zero-order valence-electron chi connectivity index (χ0n) is 17.3. The Morgan fingerprint density at radius 3 is 2.43 bits per heavy atom. The zero-order valence-corrected chi connectivity index (χ0v) is 18.2. The van der Waals surface area contributed by atoms with Gasteiger partial charge in [-0.2, -0.15) is 0 Å². The van der Waals surface area contributed by atoms with E-state index in [1.165, 1.54) is 5.56 Å². The lowest BCUT2D eigenvalue weighted by molar-refractivity contribution is -0.124. The van der Waals surface area contributed by atoms with Crippen molar-refractivity contribution in [3.8, 4) is 0 Å². The van der Waals surface area contributed by atoms with Gasteiger partial charge in [0.15, 0.2) is 0 Å². The SMILES string of the molecule is CCc1ccccc1NC(=O)CNC(=O)CN1C[C@@H](CN)[C@H](c2ccccc2)C1.Cl. The fourth-order valence-electron chi connectivity index (χ4n) is 3.99. The number of carbonyl (C=O) groups is 2. The number of nitrogens with two attached hydrogens (primary N) is 1. The van der Waals surface area contributed by atoms with Crippen LogP contribution in [0.5, 0.6) is 0 Å². The number of nitrogens with one attached hydrogen (secondary N) is 2. The van der Waals surface area contributed by atoms with E-state index in [0.29, 0.717) is 18.4 Å².